The van der Waals surface area contributed by atoms with Gasteiger partial charge in [0.05, 0.1) is 0 Å². The summed E-state index contributed by atoms with van der Waals surface area (Å²) in [5.41, 5.74) is 10.4. The van der Waals surface area contributed by atoms with Crippen LogP contribution in [0, 0.1) is 0 Å². The van der Waals surface area contributed by atoms with Gasteiger partial charge in [-0.15, -0.1) is 20.4 Å². The molecule has 0 aliphatic carbocycles. The van der Waals surface area contributed by atoms with Crippen molar-refractivity contribution in [3.8, 4) is 0 Å². The number of aromatic nitrogens is 4. The van der Waals surface area contributed by atoms with Crippen molar-refractivity contribution in [2.45, 2.75) is 39.5 Å². The third kappa shape index (κ3) is 10.6. The van der Waals surface area contributed by atoms with E-state index in [1.807, 2.05) is 6.92 Å². The highest BCUT2D eigenvalue weighted by Gasteiger charge is 2.03. The molecule has 0 bridgehead atoms. The van der Waals surface area contributed by atoms with Crippen LogP contribution in [-0.4, -0.2) is 52.0 Å². The number of carbonyl (C=O) groups excluding carboxylic acids is 2. The van der Waals surface area contributed by atoms with Gasteiger partial charge in [-0.25, -0.2) is 15.6 Å². The minimum absolute atomic E-state index is 0.0104. The number of nitrogens with one attached hydrogen (secondary N) is 6. The molecule has 6 N–H and O–H groups in total. The summed E-state index contributed by atoms with van der Waals surface area (Å²) in [5, 5.41) is 20.4. The Balaban J connectivity index is 2.04. The Bertz CT molecular complexity index is 510. The minimum Gasteiger partial charge on any atom is -0.356 e. The number of hydrogen-bond acceptors (Lipinski definition) is 9. The van der Waals surface area contributed by atoms with Gasteiger partial charge in [-0.05, 0) is 12.8 Å². The van der Waals surface area contributed by atoms with Crippen LogP contribution in [0.5, 0.6) is 0 Å². The smallest absolute Gasteiger partial charge is 0.333 e. The molecule has 1 aromatic heterocycles. The Hall–Kier alpha value is -2.76. The molecular weight excluding hydrogens is 328 g/mol. The Morgan fingerprint density at radius 1 is 0.840 bits per heavy atom. The Morgan fingerprint density at radius 2 is 1.40 bits per heavy atom. The van der Waals surface area contributed by atoms with E-state index in [-0.39, 0.29) is 17.8 Å². The van der Waals surface area contributed by atoms with Crippen molar-refractivity contribution in [3.63, 3.8) is 0 Å². The van der Waals surface area contributed by atoms with Crippen molar-refractivity contribution in [2.75, 3.05) is 30.5 Å². The lowest BCUT2D eigenvalue weighted by molar-refractivity contribution is -0.118. The first-order chi connectivity index (χ1) is 12.1. The van der Waals surface area contributed by atoms with Crippen LogP contribution < -0.4 is 32.3 Å². The largest absolute Gasteiger partial charge is 0.356 e. The molecule has 1 aromatic rings. The number of nitrogens with zero attached hydrogens (tertiary/aromatic N) is 4. The molecule has 0 spiro atoms. The molecule has 0 fully saturated rings. The van der Waals surface area contributed by atoms with Crippen LogP contribution in [0.2, 0.25) is 0 Å². The molecule has 3 amide bonds. The molecule has 0 atom stereocenters. The maximum atomic E-state index is 11.6. The maximum absolute atomic E-state index is 11.6. The normalized spacial score (nSPS) is 10.0. The molecule has 0 unspecified atom stereocenters. The lowest BCUT2D eigenvalue weighted by Crippen LogP contribution is -2.40. The predicted molar refractivity (Wildman–Crippen MR) is 92.2 cm³/mol. The first-order valence-electron chi connectivity index (χ1n) is 8.22. The van der Waals surface area contributed by atoms with E-state index in [0.717, 1.165) is 25.7 Å². The zero-order valence-corrected chi connectivity index (χ0v) is 14.6. The van der Waals surface area contributed by atoms with E-state index in [1.165, 1.54) is 6.92 Å². The molecule has 12 nitrogen and oxygen atoms in total. The zero-order valence-electron chi connectivity index (χ0n) is 14.6. The summed E-state index contributed by atoms with van der Waals surface area (Å²) in [4.78, 5) is 22.3. The molecule has 0 saturated carbocycles. The molecule has 0 aliphatic rings. The van der Waals surface area contributed by atoms with E-state index in [1.54, 1.807) is 0 Å². The van der Waals surface area contributed by atoms with Crippen LogP contribution in [0.4, 0.5) is 16.7 Å². The van der Waals surface area contributed by atoms with Gasteiger partial charge < -0.3 is 10.6 Å². The minimum atomic E-state index is -0.392. The number of unbranched alkanes of at least 4 members (excludes halogenated alkanes) is 3. The third-order valence-electron chi connectivity index (χ3n) is 2.91. The number of hydrazine groups is 2. The summed E-state index contributed by atoms with van der Waals surface area (Å²) in [7, 11) is 0. The number of anilines is 2. The van der Waals surface area contributed by atoms with Crippen LogP contribution in [0.25, 0.3) is 0 Å². The second-order valence-electron chi connectivity index (χ2n) is 5.11. The quantitative estimate of drug-likeness (QED) is 0.215. The summed E-state index contributed by atoms with van der Waals surface area (Å²) in [6, 6.07) is -0.392. The lowest BCUT2D eigenvalue weighted by atomic mass is 10.2. The molecule has 0 radical (unpaired) electrons. The van der Waals surface area contributed by atoms with Gasteiger partial charge in [0, 0.05) is 26.6 Å². The Kier molecular flexibility index (Phi) is 10.3. The molecule has 25 heavy (non-hydrogen) atoms. The van der Waals surface area contributed by atoms with Gasteiger partial charge >= 0.3 is 6.03 Å². The standard InChI is InChI=1S/C13H26N10O2/c1-3-16-17-11-18-20-12(21-19-11)22-23-13(25)15-9-7-5-4-6-8-14-10(2)24/h16H,3-9H2,1-2H3,(H,14,24)(H2,15,23,25)(H,17,18,19)(H,20,21,22). The highest BCUT2D eigenvalue weighted by molar-refractivity contribution is 5.74. The lowest BCUT2D eigenvalue weighted by Gasteiger charge is -2.08. The number of amides is 3. The molecule has 0 aromatic carbocycles. The highest BCUT2D eigenvalue weighted by atomic mass is 16.2. The van der Waals surface area contributed by atoms with E-state index in [9.17, 15) is 9.59 Å². The summed E-state index contributed by atoms with van der Waals surface area (Å²) in [5.74, 6) is 0.300. The molecule has 12 heteroatoms. The number of hydrogen-bond donors (Lipinski definition) is 6. The fourth-order valence-electron chi connectivity index (χ4n) is 1.72. The predicted octanol–water partition coefficient (Wildman–Crippen LogP) is -0.474. The summed E-state index contributed by atoms with van der Waals surface area (Å²) in [6.45, 7) is 5.36. The first-order valence-corrected chi connectivity index (χ1v) is 8.22. The maximum Gasteiger partial charge on any atom is 0.333 e. The van der Waals surface area contributed by atoms with Crippen molar-refractivity contribution < 1.29 is 9.59 Å². The van der Waals surface area contributed by atoms with Gasteiger partial charge in [-0.3, -0.25) is 15.6 Å². The Labute approximate surface area is 146 Å². The van der Waals surface area contributed by atoms with Gasteiger partial charge in [0.25, 0.3) is 11.9 Å². The van der Waals surface area contributed by atoms with Crippen molar-refractivity contribution in [2.24, 2.45) is 0 Å². The van der Waals surface area contributed by atoms with Crippen molar-refractivity contribution in [1.29, 1.82) is 0 Å². The molecule has 0 aliphatic heterocycles. The van der Waals surface area contributed by atoms with Gasteiger partial charge in [0.15, 0.2) is 0 Å². The van der Waals surface area contributed by atoms with Crippen molar-refractivity contribution in [3.05, 3.63) is 0 Å². The summed E-state index contributed by atoms with van der Waals surface area (Å²) >= 11 is 0. The average Bonchev–Trinajstić information content (AvgIpc) is 2.61. The van der Waals surface area contributed by atoms with Gasteiger partial charge in [0.1, 0.15) is 0 Å². The van der Waals surface area contributed by atoms with Crippen molar-refractivity contribution >= 4 is 23.8 Å². The van der Waals surface area contributed by atoms with E-state index in [4.69, 9.17) is 0 Å². The second kappa shape index (κ2) is 12.6. The van der Waals surface area contributed by atoms with Crippen molar-refractivity contribution in [1.82, 2.24) is 41.9 Å². The fourth-order valence-corrected chi connectivity index (χ4v) is 1.72. The molecule has 1 rings (SSSR count). The van der Waals surface area contributed by atoms with E-state index in [0.29, 0.717) is 19.6 Å². The van der Waals surface area contributed by atoms with Crippen LogP contribution in [-0.2, 0) is 4.79 Å². The van der Waals surface area contributed by atoms with Gasteiger partial charge in [-0.1, -0.05) is 19.8 Å². The van der Waals surface area contributed by atoms with E-state index in [2.05, 4.69) is 52.7 Å². The van der Waals surface area contributed by atoms with Crippen LogP contribution in [0.1, 0.15) is 39.5 Å². The fraction of sp³-hybridized carbons (Fsp3) is 0.692. The number of rotatable bonds is 12. The summed E-state index contributed by atoms with van der Waals surface area (Å²) in [6.07, 6.45) is 3.77. The monoisotopic (exact) mass is 354 g/mol. The van der Waals surface area contributed by atoms with Crippen LogP contribution >= 0.6 is 0 Å². The molecular formula is C13H26N10O2. The van der Waals surface area contributed by atoms with Crippen LogP contribution in [0.15, 0.2) is 0 Å². The van der Waals surface area contributed by atoms with Gasteiger partial charge in [0.2, 0.25) is 5.91 Å². The third-order valence-corrected chi connectivity index (χ3v) is 2.91. The van der Waals surface area contributed by atoms with E-state index >= 15 is 0 Å². The Morgan fingerprint density at radius 3 is 1.96 bits per heavy atom. The SMILES string of the molecule is CCNNc1nnc(NNC(=O)NCCCCCCNC(C)=O)nn1. The topological polar surface area (TPSA) is 158 Å². The van der Waals surface area contributed by atoms with Gasteiger partial charge in [-0.2, -0.15) is 0 Å². The summed E-state index contributed by atoms with van der Waals surface area (Å²) < 4.78 is 0. The first kappa shape index (κ1) is 20.3. The molecule has 0 saturated heterocycles. The molecule has 1 heterocycles. The zero-order chi connectivity index (χ0) is 18.3. The van der Waals surface area contributed by atoms with E-state index < -0.39 is 6.03 Å². The molecule has 140 valence electrons. The second-order valence-corrected chi connectivity index (χ2v) is 5.11. The number of urea groups is 1. The number of carbonyl (C=O) groups is 2. The average molecular weight is 354 g/mol. The highest BCUT2D eigenvalue weighted by Crippen LogP contribution is 1.98. The van der Waals surface area contributed by atoms with Crippen LogP contribution in [0.3, 0.4) is 0 Å².